The second-order valence-corrected chi connectivity index (χ2v) is 5.22. The maximum absolute atomic E-state index is 11.6. The second-order valence-electron chi connectivity index (χ2n) is 3.65. The first-order chi connectivity index (χ1) is 9.29. The molecule has 0 saturated carbocycles. The Bertz CT molecular complexity index is 743. The van der Waals surface area contributed by atoms with Crippen LogP contribution in [-0.4, -0.2) is 36.3 Å². The van der Waals surface area contributed by atoms with Crippen LogP contribution in [0, 0.1) is 0 Å². The summed E-state index contributed by atoms with van der Waals surface area (Å²) < 4.78 is 30.5. The summed E-state index contributed by atoms with van der Waals surface area (Å²) in [4.78, 5) is 21.3. The van der Waals surface area contributed by atoms with Gasteiger partial charge in [0, 0.05) is 6.08 Å². The van der Waals surface area contributed by atoms with Gasteiger partial charge in [0.25, 0.3) is 10.0 Å². The van der Waals surface area contributed by atoms with Crippen molar-refractivity contribution in [2.75, 3.05) is 0 Å². The van der Waals surface area contributed by atoms with Gasteiger partial charge in [0.15, 0.2) is 10.6 Å². The van der Waals surface area contributed by atoms with Crippen LogP contribution in [0.4, 0.5) is 0 Å². The lowest BCUT2D eigenvalue weighted by atomic mass is 10.3. The normalized spacial score (nSPS) is 16.2. The molecule has 0 aliphatic carbocycles. The molecule has 1 heterocycles. The number of aromatic hydroxyl groups is 1. The molecular formula is C11H7NO7S. The average molecular weight is 297 g/mol. The summed E-state index contributed by atoms with van der Waals surface area (Å²) >= 11 is 0. The second kappa shape index (κ2) is 4.78. The van der Waals surface area contributed by atoms with Crippen molar-refractivity contribution in [1.29, 1.82) is 0 Å². The number of rotatable bonds is 3. The Kier molecular flexibility index (Phi) is 3.28. The fourth-order valence-electron chi connectivity index (χ4n) is 1.35. The zero-order chi connectivity index (χ0) is 14.9. The highest BCUT2D eigenvalue weighted by atomic mass is 32.2. The van der Waals surface area contributed by atoms with Crippen LogP contribution in [0.2, 0.25) is 0 Å². The number of hydrogen-bond donors (Lipinski definition) is 2. The van der Waals surface area contributed by atoms with E-state index in [4.69, 9.17) is 14.9 Å². The van der Waals surface area contributed by atoms with E-state index in [1.807, 2.05) is 0 Å². The van der Waals surface area contributed by atoms with Crippen molar-refractivity contribution >= 4 is 27.7 Å². The highest BCUT2D eigenvalue weighted by Gasteiger charge is 2.33. The van der Waals surface area contributed by atoms with Crippen molar-refractivity contribution in [1.82, 2.24) is 0 Å². The van der Waals surface area contributed by atoms with Gasteiger partial charge in [-0.2, -0.15) is 12.8 Å². The first-order valence-electron chi connectivity index (χ1n) is 5.11. The van der Waals surface area contributed by atoms with E-state index < -0.39 is 32.6 Å². The molecule has 0 aromatic heterocycles. The van der Waals surface area contributed by atoms with Crippen LogP contribution in [0.3, 0.4) is 0 Å². The highest BCUT2D eigenvalue weighted by Crippen LogP contribution is 2.20. The first kappa shape index (κ1) is 13.7. The van der Waals surface area contributed by atoms with Gasteiger partial charge in [-0.3, -0.25) is 0 Å². The van der Waals surface area contributed by atoms with Gasteiger partial charge >= 0.3 is 11.9 Å². The smallest absolute Gasteiger partial charge is 0.363 e. The van der Waals surface area contributed by atoms with E-state index in [1.165, 1.54) is 24.3 Å². The van der Waals surface area contributed by atoms with Crippen LogP contribution in [0.1, 0.15) is 0 Å². The number of carboxylic acids is 1. The number of sulfonamides is 1. The summed E-state index contributed by atoms with van der Waals surface area (Å²) in [6.45, 7) is 0. The van der Waals surface area contributed by atoms with Gasteiger partial charge < -0.3 is 14.9 Å². The van der Waals surface area contributed by atoms with Crippen molar-refractivity contribution in [3.8, 4) is 11.5 Å². The number of aliphatic carboxylic acids is 1. The topological polar surface area (TPSA) is 130 Å². The lowest BCUT2D eigenvalue weighted by Gasteiger charge is -2.02. The zero-order valence-corrected chi connectivity index (χ0v) is 10.5. The predicted octanol–water partition coefficient (Wildman–Crippen LogP) is 0.0505. The maximum atomic E-state index is 11.6. The van der Waals surface area contributed by atoms with E-state index in [0.29, 0.717) is 6.08 Å². The number of nitrogens with zero attached hydrogens (tertiary/aromatic N) is 1. The molecule has 2 rings (SSSR count). The van der Waals surface area contributed by atoms with Crippen LogP contribution < -0.4 is 4.74 Å². The van der Waals surface area contributed by atoms with Gasteiger partial charge in [-0.25, -0.2) is 9.59 Å². The third-order valence-corrected chi connectivity index (χ3v) is 3.52. The van der Waals surface area contributed by atoms with Gasteiger partial charge in [0.1, 0.15) is 11.5 Å². The zero-order valence-electron chi connectivity index (χ0n) is 9.68. The lowest BCUT2D eigenvalue weighted by Crippen LogP contribution is -2.17. The molecule has 0 fully saturated rings. The van der Waals surface area contributed by atoms with E-state index in [1.54, 1.807) is 0 Å². The summed E-state index contributed by atoms with van der Waals surface area (Å²) in [6.07, 6.45) is 0.625. The van der Waals surface area contributed by atoms with E-state index in [0.717, 1.165) is 0 Å². The Hall–Kier alpha value is -2.68. The number of carbonyl (C=O) groups excluding carboxylic acids is 1. The van der Waals surface area contributed by atoms with Gasteiger partial charge in [-0.05, 0) is 24.3 Å². The molecule has 1 aromatic rings. The number of hydrogen-bond acceptors (Lipinski definition) is 6. The number of esters is 1. The van der Waals surface area contributed by atoms with Crippen LogP contribution >= 0.6 is 0 Å². The van der Waals surface area contributed by atoms with Gasteiger partial charge in [-0.15, -0.1) is 0 Å². The van der Waals surface area contributed by atoms with Crippen LogP contribution in [0.25, 0.3) is 0 Å². The molecule has 0 radical (unpaired) electrons. The molecule has 0 atom stereocenters. The van der Waals surface area contributed by atoms with Gasteiger partial charge in [0.2, 0.25) is 0 Å². The average Bonchev–Trinajstić information content (AvgIpc) is 2.68. The summed E-state index contributed by atoms with van der Waals surface area (Å²) in [7, 11) is -4.37. The molecule has 1 aromatic carbocycles. The Labute approximate surface area is 112 Å². The molecule has 0 saturated heterocycles. The quantitative estimate of drug-likeness (QED) is 0.595. The Morgan fingerprint density at radius 1 is 1.15 bits per heavy atom. The summed E-state index contributed by atoms with van der Waals surface area (Å²) in [5.74, 6) is -2.82. The Morgan fingerprint density at radius 3 is 2.25 bits per heavy atom. The van der Waals surface area contributed by atoms with Crippen LogP contribution in [-0.2, 0) is 19.6 Å². The SMILES string of the molecule is O=C(O)C1=CC(C(=O)Oc2ccc(O)cc2)=NS1(=O)=O. The predicted molar refractivity (Wildman–Crippen MR) is 65.8 cm³/mol. The van der Waals surface area contributed by atoms with Crippen LogP contribution in [0.5, 0.6) is 11.5 Å². The van der Waals surface area contributed by atoms with Gasteiger partial charge in [0.05, 0.1) is 0 Å². The number of ether oxygens (including phenoxy) is 1. The number of phenols is 1. The number of carboxylic acid groups (broad SMARTS) is 1. The minimum absolute atomic E-state index is 0.0429. The minimum atomic E-state index is -4.37. The molecule has 104 valence electrons. The molecule has 8 nitrogen and oxygen atoms in total. The molecule has 2 N–H and O–H groups in total. The fraction of sp³-hybridized carbons (Fsp3) is 0. The Balaban J connectivity index is 2.23. The van der Waals surface area contributed by atoms with Crippen molar-refractivity contribution in [3.63, 3.8) is 0 Å². The van der Waals surface area contributed by atoms with Crippen molar-refractivity contribution < 1.29 is 33.0 Å². The first-order valence-corrected chi connectivity index (χ1v) is 6.55. The molecule has 20 heavy (non-hydrogen) atoms. The number of phenolic OH excluding ortho intramolecular Hbond substituents is 1. The number of carbonyl (C=O) groups is 2. The standard InChI is InChI=1S/C11H7NO7S/c13-6-1-3-7(4-2-6)19-11(16)8-5-9(10(14)15)20(17,18)12-8/h1-5,13H,(H,14,15). The lowest BCUT2D eigenvalue weighted by molar-refractivity contribution is -0.131. The summed E-state index contributed by atoms with van der Waals surface area (Å²) in [5, 5.41) is 17.7. The van der Waals surface area contributed by atoms with Crippen LogP contribution in [0.15, 0.2) is 39.6 Å². The van der Waals surface area contributed by atoms with Crippen molar-refractivity contribution in [2.45, 2.75) is 0 Å². The molecule has 1 aliphatic heterocycles. The third-order valence-electron chi connectivity index (χ3n) is 2.23. The molecule has 0 amide bonds. The molecule has 0 bridgehead atoms. The Morgan fingerprint density at radius 2 is 1.75 bits per heavy atom. The maximum Gasteiger partial charge on any atom is 0.363 e. The fourth-order valence-corrected chi connectivity index (χ4v) is 2.31. The number of benzene rings is 1. The van der Waals surface area contributed by atoms with E-state index >= 15 is 0 Å². The van der Waals surface area contributed by atoms with E-state index in [-0.39, 0.29) is 11.5 Å². The highest BCUT2D eigenvalue weighted by molar-refractivity contribution is 7.95. The minimum Gasteiger partial charge on any atom is -0.508 e. The molecule has 0 unspecified atom stereocenters. The molecular weight excluding hydrogens is 290 g/mol. The largest absolute Gasteiger partial charge is 0.508 e. The van der Waals surface area contributed by atoms with E-state index in [2.05, 4.69) is 4.40 Å². The summed E-state index contributed by atoms with van der Waals surface area (Å²) in [5.41, 5.74) is -0.629. The monoisotopic (exact) mass is 297 g/mol. The van der Waals surface area contributed by atoms with Crippen molar-refractivity contribution in [3.05, 3.63) is 35.2 Å². The third kappa shape index (κ3) is 2.67. The molecule has 9 heteroatoms. The molecule has 1 aliphatic rings. The molecule has 0 spiro atoms. The van der Waals surface area contributed by atoms with Crippen molar-refractivity contribution in [2.24, 2.45) is 4.40 Å². The van der Waals surface area contributed by atoms with Gasteiger partial charge in [-0.1, -0.05) is 0 Å². The summed E-state index contributed by atoms with van der Waals surface area (Å²) in [6, 6.07) is 5.07. The van der Waals surface area contributed by atoms with E-state index in [9.17, 15) is 18.0 Å².